The maximum atomic E-state index is 15.4. The Balaban J connectivity index is 1.34. The number of hydrogen-bond acceptors (Lipinski definition) is 12. The zero-order chi connectivity index (χ0) is 43.6. The average Bonchev–Trinajstić information content (AvgIpc) is 3.51. The lowest BCUT2D eigenvalue weighted by atomic mass is 9.95. The highest BCUT2D eigenvalue weighted by Crippen LogP contribution is 2.25. The lowest BCUT2D eigenvalue weighted by molar-refractivity contribution is -0.148. The number of aryl methyl sites for hydroxylation is 2. The number of esters is 1. The van der Waals surface area contributed by atoms with Crippen LogP contribution in [0.25, 0.3) is 5.82 Å². The molecule has 0 radical (unpaired) electrons. The van der Waals surface area contributed by atoms with Crippen molar-refractivity contribution in [3.8, 4) is 5.82 Å². The third-order valence-corrected chi connectivity index (χ3v) is 10.6. The second-order valence-electron chi connectivity index (χ2n) is 14.5. The van der Waals surface area contributed by atoms with E-state index in [9.17, 15) is 37.2 Å². The van der Waals surface area contributed by atoms with Crippen molar-refractivity contribution < 1.29 is 45.2 Å². The van der Waals surface area contributed by atoms with Crippen LogP contribution < -0.4 is 32.4 Å². The van der Waals surface area contributed by atoms with Crippen LogP contribution in [-0.4, -0.2) is 46.4 Å². The van der Waals surface area contributed by atoms with E-state index in [0.29, 0.717) is 34.6 Å². The van der Waals surface area contributed by atoms with Crippen molar-refractivity contribution in [2.75, 3.05) is 10.0 Å². The fourth-order valence-corrected chi connectivity index (χ4v) is 6.49. The number of nitrogens with one attached hydrogen (secondary N) is 3. The molecule has 0 unspecified atom stereocenters. The molecule has 3 aromatic heterocycles. The molecule has 0 fully saturated rings. The molecule has 3 N–H and O–H groups in total. The lowest BCUT2D eigenvalue weighted by Crippen LogP contribution is -2.42. The number of carbonyl (C=O) groups is 3. The number of sulfonamides is 1. The number of halogens is 2. The summed E-state index contributed by atoms with van der Waals surface area (Å²) in [6.45, 7) is 9.10. The van der Waals surface area contributed by atoms with Crippen LogP contribution >= 0.6 is 0 Å². The topological polar surface area (TPSA) is 231 Å². The van der Waals surface area contributed by atoms with Gasteiger partial charge in [-0.3, -0.25) is 19.1 Å². The summed E-state index contributed by atoms with van der Waals surface area (Å²) in [5.74, 6) is -6.43. The van der Waals surface area contributed by atoms with Crippen molar-refractivity contribution in [1.82, 2.24) is 19.4 Å². The van der Waals surface area contributed by atoms with Crippen molar-refractivity contribution in [3.63, 3.8) is 0 Å². The number of benzene rings is 2. The van der Waals surface area contributed by atoms with Gasteiger partial charge in [-0.05, 0) is 75.6 Å². The summed E-state index contributed by atoms with van der Waals surface area (Å²) >= 11 is 0. The molecule has 1 atom stereocenters. The minimum atomic E-state index is -4.49. The van der Waals surface area contributed by atoms with E-state index >= 15 is 8.78 Å². The minimum absolute atomic E-state index is 0.0223. The first kappa shape index (κ1) is 43.4. The second kappa shape index (κ2) is 17.0. The van der Waals surface area contributed by atoms with Crippen molar-refractivity contribution in [2.24, 2.45) is 12.5 Å². The third-order valence-electron chi connectivity index (χ3n) is 9.23. The number of rotatable bonds is 13. The molecule has 2 amide bonds. The molecule has 3 heterocycles. The second-order valence-corrected chi connectivity index (χ2v) is 16.2. The number of carbonyl (C=O) groups excluding carboxylic acids is 3. The van der Waals surface area contributed by atoms with Crippen LogP contribution in [0.1, 0.15) is 65.9 Å². The number of pyridine rings is 1. The Hall–Kier alpha value is -6.70. The van der Waals surface area contributed by atoms with Gasteiger partial charge in [0.1, 0.15) is 23.5 Å². The molecular weight excluding hydrogens is 799 g/mol. The third kappa shape index (κ3) is 9.89. The standard InChI is InChI=1S/C39H40F2N6O11S/c1-20-21(2)46(7)37(52)47(34(20)49)32-15-9-23(18-42-32)8-14-29(35(50)56-19-31-22(3)57-38(53)58-31)44-33(48)26-16-28(41)30(17-27(26)40)45-59(54,55)25-12-10-24(11-13-25)43-36(51)39(4,5)6/h9-13,15-18,29,45H,8,14,19H2,1-7H3,(H,43,51)(H,44,48)/t29-/m0/s1. The maximum Gasteiger partial charge on any atom is 0.519 e. The van der Waals surface area contributed by atoms with Crippen molar-refractivity contribution in [3.05, 3.63) is 132 Å². The number of nitrogens with zero attached hydrogens (tertiary/aromatic N) is 3. The Labute approximate surface area is 335 Å². The largest absolute Gasteiger partial charge is 0.519 e. The molecule has 0 bridgehead atoms. The quantitative estimate of drug-likeness (QED) is 0.143. The molecule has 0 aliphatic carbocycles. The van der Waals surface area contributed by atoms with E-state index in [1.807, 2.05) is 4.72 Å². The van der Waals surface area contributed by atoms with E-state index in [2.05, 4.69) is 15.6 Å². The summed E-state index contributed by atoms with van der Waals surface area (Å²) in [6, 6.07) is 7.27. The summed E-state index contributed by atoms with van der Waals surface area (Å²) in [4.78, 5) is 80.0. The molecule has 5 aromatic rings. The molecule has 0 aliphatic heterocycles. The molecule has 5 rings (SSSR count). The monoisotopic (exact) mass is 838 g/mol. The number of hydrogen-bond donors (Lipinski definition) is 3. The Morgan fingerprint density at radius 1 is 0.949 bits per heavy atom. The van der Waals surface area contributed by atoms with E-state index in [-0.39, 0.29) is 41.0 Å². The van der Waals surface area contributed by atoms with Crippen LogP contribution in [0.2, 0.25) is 0 Å². The summed E-state index contributed by atoms with van der Waals surface area (Å²) in [7, 11) is -2.97. The zero-order valence-corrected chi connectivity index (χ0v) is 33.7. The SMILES string of the molecule is Cc1oc(=O)oc1COC(=O)[C@H](CCc1ccc(-n2c(=O)c(C)c(C)n(C)c2=O)nc1)NC(=O)c1cc(F)c(NS(=O)(=O)c2ccc(NC(=O)C(C)(C)C)cc2)cc1F. The first-order chi connectivity index (χ1) is 27.6. The predicted octanol–water partition coefficient (Wildman–Crippen LogP) is 3.94. The highest BCUT2D eigenvalue weighted by molar-refractivity contribution is 7.92. The van der Waals surface area contributed by atoms with Gasteiger partial charge in [0, 0.05) is 41.7 Å². The van der Waals surface area contributed by atoms with Gasteiger partial charge < -0.3 is 28.8 Å². The summed E-state index contributed by atoms with van der Waals surface area (Å²) in [6.07, 6.45) is 1.17. The van der Waals surface area contributed by atoms with Crippen LogP contribution in [0.5, 0.6) is 0 Å². The van der Waals surface area contributed by atoms with Gasteiger partial charge in [0.25, 0.3) is 21.5 Å². The highest BCUT2D eigenvalue weighted by Gasteiger charge is 2.28. The number of aromatic nitrogens is 3. The molecule has 20 heteroatoms. The fourth-order valence-electron chi connectivity index (χ4n) is 5.43. The van der Waals surface area contributed by atoms with Gasteiger partial charge in [0.2, 0.25) is 5.91 Å². The van der Waals surface area contributed by atoms with Gasteiger partial charge in [-0.25, -0.2) is 41.1 Å². The Bertz CT molecular complexity index is 2690. The molecule has 59 heavy (non-hydrogen) atoms. The van der Waals surface area contributed by atoms with E-state index in [1.54, 1.807) is 34.6 Å². The van der Waals surface area contributed by atoms with Crippen LogP contribution in [0.4, 0.5) is 20.2 Å². The van der Waals surface area contributed by atoms with E-state index in [1.165, 1.54) is 49.0 Å². The lowest BCUT2D eigenvalue weighted by Gasteiger charge is -2.18. The smallest absolute Gasteiger partial charge is 0.456 e. The summed E-state index contributed by atoms with van der Waals surface area (Å²) < 4.78 is 75.9. The molecule has 0 aliphatic rings. The highest BCUT2D eigenvalue weighted by atomic mass is 32.2. The van der Waals surface area contributed by atoms with Gasteiger partial charge in [0.15, 0.2) is 18.1 Å². The molecule has 2 aromatic carbocycles. The van der Waals surface area contributed by atoms with Crippen molar-refractivity contribution in [1.29, 1.82) is 0 Å². The zero-order valence-electron chi connectivity index (χ0n) is 32.9. The summed E-state index contributed by atoms with van der Waals surface area (Å²) in [5.41, 5.74) is -1.98. The molecule has 17 nitrogen and oxygen atoms in total. The normalized spacial score (nSPS) is 12.2. The molecule has 0 saturated heterocycles. The van der Waals surface area contributed by atoms with Crippen molar-refractivity contribution in [2.45, 2.75) is 71.9 Å². The van der Waals surface area contributed by atoms with Crippen molar-refractivity contribution >= 4 is 39.2 Å². The van der Waals surface area contributed by atoms with Gasteiger partial charge in [-0.2, -0.15) is 0 Å². The average molecular weight is 839 g/mol. The minimum Gasteiger partial charge on any atom is -0.456 e. The van der Waals surface area contributed by atoms with Crippen LogP contribution in [0.15, 0.2) is 82.8 Å². The number of ether oxygens (including phenoxy) is 1. The first-order valence-corrected chi connectivity index (χ1v) is 19.3. The van der Waals surface area contributed by atoms with E-state index in [4.69, 9.17) is 13.6 Å². The fraction of sp³-hybridized carbons (Fsp3) is 0.308. The van der Waals surface area contributed by atoms with Gasteiger partial charge in [0.05, 0.1) is 16.1 Å². The molecular formula is C39H40F2N6O11S. The summed E-state index contributed by atoms with van der Waals surface area (Å²) in [5, 5.41) is 4.94. The predicted molar refractivity (Wildman–Crippen MR) is 208 cm³/mol. The molecule has 0 spiro atoms. The number of amides is 2. The van der Waals surface area contributed by atoms with Crippen LogP contribution in [0.3, 0.4) is 0 Å². The van der Waals surface area contributed by atoms with Crippen LogP contribution in [0, 0.1) is 37.8 Å². The Morgan fingerprint density at radius 2 is 1.63 bits per heavy atom. The molecule has 0 saturated carbocycles. The van der Waals surface area contributed by atoms with Gasteiger partial charge in [-0.15, -0.1) is 0 Å². The molecule has 312 valence electrons. The maximum absolute atomic E-state index is 15.4. The van der Waals surface area contributed by atoms with Gasteiger partial charge in [-0.1, -0.05) is 26.8 Å². The van der Waals surface area contributed by atoms with E-state index < -0.39 is 79.9 Å². The first-order valence-electron chi connectivity index (χ1n) is 17.8. The van der Waals surface area contributed by atoms with Crippen LogP contribution in [-0.2, 0) is 44.4 Å². The van der Waals surface area contributed by atoms with E-state index in [0.717, 1.165) is 16.7 Å². The van der Waals surface area contributed by atoms with Gasteiger partial charge >= 0.3 is 17.5 Å². The Kier molecular flexibility index (Phi) is 12.5. The number of anilines is 2. The Morgan fingerprint density at radius 3 is 2.22 bits per heavy atom.